The molecule has 0 bridgehead atoms. The fraction of sp³-hybridized carbons (Fsp3) is 0.286. The predicted octanol–water partition coefficient (Wildman–Crippen LogP) is 1.22. The second kappa shape index (κ2) is 3.89. The molecule has 0 aliphatic carbocycles. The van der Waals surface area contributed by atoms with E-state index < -0.39 is 5.91 Å². The molecule has 0 unspecified atom stereocenters. The second-order valence-corrected chi connectivity index (χ2v) is 3.56. The number of carbonyl (C=O) groups is 1. The molecule has 1 aromatic rings. The zero-order valence-electron chi connectivity index (χ0n) is 6.56. The van der Waals surface area contributed by atoms with Crippen LogP contribution in [0.5, 0.6) is 0 Å². The van der Waals surface area contributed by atoms with E-state index in [9.17, 15) is 4.79 Å². The first kappa shape index (κ1) is 9.51. The predicted molar refractivity (Wildman–Crippen MR) is 50.6 cm³/mol. The molecule has 0 fully saturated rings. The van der Waals surface area contributed by atoms with Gasteiger partial charge >= 0.3 is 0 Å². The molecule has 0 radical (unpaired) electrons. The summed E-state index contributed by atoms with van der Waals surface area (Å²) in [7, 11) is 1.82. The van der Waals surface area contributed by atoms with Crippen LogP contribution in [0, 0.1) is 0 Å². The zero-order valence-corrected chi connectivity index (χ0v) is 8.13. The number of amides is 1. The van der Waals surface area contributed by atoms with Crippen LogP contribution >= 0.6 is 22.9 Å². The summed E-state index contributed by atoms with van der Waals surface area (Å²) in [4.78, 5) is 11.2. The highest BCUT2D eigenvalue weighted by molar-refractivity contribution is 7.13. The van der Waals surface area contributed by atoms with Crippen LogP contribution in [0.4, 0.5) is 0 Å². The molecular formula is C7H9ClN2OS. The molecule has 3 N–H and O–H groups in total. The number of hydrogen-bond donors (Lipinski definition) is 2. The number of primary amides is 1. The van der Waals surface area contributed by atoms with E-state index in [-0.39, 0.29) is 0 Å². The SMILES string of the molecule is CNCc1csc(C(N)=O)c1Cl. The lowest BCUT2D eigenvalue weighted by Gasteiger charge is -1.96. The Balaban J connectivity index is 2.96. The van der Waals surface area contributed by atoms with Crippen molar-refractivity contribution in [2.24, 2.45) is 5.73 Å². The molecule has 0 spiro atoms. The van der Waals surface area contributed by atoms with E-state index >= 15 is 0 Å². The molecule has 0 aromatic carbocycles. The van der Waals surface area contributed by atoms with E-state index in [2.05, 4.69) is 5.32 Å². The summed E-state index contributed by atoms with van der Waals surface area (Å²) in [5.74, 6) is -0.465. The molecule has 0 saturated carbocycles. The van der Waals surface area contributed by atoms with Crippen molar-refractivity contribution < 1.29 is 4.79 Å². The highest BCUT2D eigenvalue weighted by Crippen LogP contribution is 2.27. The number of halogens is 1. The van der Waals surface area contributed by atoms with Gasteiger partial charge in [0.25, 0.3) is 5.91 Å². The van der Waals surface area contributed by atoms with Gasteiger partial charge in [-0.2, -0.15) is 0 Å². The fourth-order valence-corrected chi connectivity index (χ4v) is 2.08. The summed E-state index contributed by atoms with van der Waals surface area (Å²) in [5.41, 5.74) is 6.01. The van der Waals surface area contributed by atoms with Crippen molar-refractivity contribution in [2.75, 3.05) is 7.05 Å². The molecule has 1 amide bonds. The number of nitrogens with one attached hydrogen (secondary N) is 1. The Morgan fingerprint density at radius 2 is 2.50 bits per heavy atom. The minimum absolute atomic E-state index is 0.432. The molecule has 12 heavy (non-hydrogen) atoms. The molecule has 5 heteroatoms. The Morgan fingerprint density at radius 1 is 1.83 bits per heavy atom. The van der Waals surface area contributed by atoms with E-state index in [1.807, 2.05) is 12.4 Å². The largest absolute Gasteiger partial charge is 0.365 e. The van der Waals surface area contributed by atoms with Gasteiger partial charge in [-0.1, -0.05) is 11.6 Å². The van der Waals surface area contributed by atoms with Crippen molar-refractivity contribution in [2.45, 2.75) is 6.54 Å². The van der Waals surface area contributed by atoms with Crippen LogP contribution in [0.3, 0.4) is 0 Å². The van der Waals surface area contributed by atoms with Gasteiger partial charge in [0.1, 0.15) is 4.88 Å². The van der Waals surface area contributed by atoms with Gasteiger partial charge in [-0.05, 0) is 18.0 Å². The molecule has 1 rings (SSSR count). The Kier molecular flexibility index (Phi) is 3.08. The monoisotopic (exact) mass is 204 g/mol. The molecule has 0 aliphatic heterocycles. The van der Waals surface area contributed by atoms with Crippen LogP contribution in [0.1, 0.15) is 15.2 Å². The number of rotatable bonds is 3. The van der Waals surface area contributed by atoms with Crippen LogP contribution in [0.2, 0.25) is 5.02 Å². The minimum atomic E-state index is -0.465. The van der Waals surface area contributed by atoms with E-state index in [0.29, 0.717) is 16.4 Å². The van der Waals surface area contributed by atoms with Crippen molar-refractivity contribution in [3.63, 3.8) is 0 Å². The maximum Gasteiger partial charge on any atom is 0.260 e. The third-order valence-corrected chi connectivity index (χ3v) is 2.98. The lowest BCUT2D eigenvalue weighted by molar-refractivity contribution is 0.100. The normalized spacial score (nSPS) is 10.2. The van der Waals surface area contributed by atoms with Gasteiger partial charge in [0.2, 0.25) is 0 Å². The van der Waals surface area contributed by atoms with Crippen LogP contribution in [-0.4, -0.2) is 13.0 Å². The first-order valence-electron chi connectivity index (χ1n) is 3.37. The first-order chi connectivity index (χ1) is 5.66. The fourth-order valence-electron chi connectivity index (χ4n) is 0.855. The average Bonchev–Trinajstić information content (AvgIpc) is 2.34. The van der Waals surface area contributed by atoms with Gasteiger partial charge in [-0.15, -0.1) is 11.3 Å². The Hall–Kier alpha value is -0.580. The van der Waals surface area contributed by atoms with E-state index in [1.165, 1.54) is 11.3 Å². The topological polar surface area (TPSA) is 55.1 Å². The van der Waals surface area contributed by atoms with Gasteiger partial charge < -0.3 is 11.1 Å². The molecule has 1 heterocycles. The highest BCUT2D eigenvalue weighted by Gasteiger charge is 2.12. The van der Waals surface area contributed by atoms with Crippen LogP contribution in [-0.2, 0) is 6.54 Å². The van der Waals surface area contributed by atoms with Gasteiger partial charge in [0, 0.05) is 6.54 Å². The quantitative estimate of drug-likeness (QED) is 0.778. The summed E-state index contributed by atoms with van der Waals surface area (Å²) < 4.78 is 0. The van der Waals surface area contributed by atoms with Crippen LogP contribution in [0.25, 0.3) is 0 Å². The summed E-state index contributed by atoms with van der Waals surface area (Å²) in [5, 5.41) is 5.25. The van der Waals surface area contributed by atoms with Gasteiger partial charge in [0.15, 0.2) is 0 Å². The van der Waals surface area contributed by atoms with Crippen molar-refractivity contribution in [3.8, 4) is 0 Å². The number of nitrogens with two attached hydrogens (primary N) is 1. The molecule has 0 saturated heterocycles. The Bertz CT molecular complexity index is 298. The lowest BCUT2D eigenvalue weighted by atomic mass is 10.3. The summed E-state index contributed by atoms with van der Waals surface area (Å²) >= 11 is 7.15. The standard InChI is InChI=1S/C7H9ClN2OS/c1-10-2-4-3-12-6(5(4)8)7(9)11/h3,10H,2H2,1H3,(H2,9,11). The number of carbonyl (C=O) groups excluding carboxylic acids is 1. The van der Waals surface area contributed by atoms with Crippen molar-refractivity contribution in [3.05, 3.63) is 20.8 Å². The van der Waals surface area contributed by atoms with Crippen molar-refractivity contribution in [1.29, 1.82) is 0 Å². The van der Waals surface area contributed by atoms with Crippen molar-refractivity contribution in [1.82, 2.24) is 5.32 Å². The smallest absolute Gasteiger partial charge is 0.260 e. The molecule has 66 valence electrons. The van der Waals surface area contributed by atoms with E-state index in [0.717, 1.165) is 5.56 Å². The highest BCUT2D eigenvalue weighted by atomic mass is 35.5. The third kappa shape index (κ3) is 1.77. The maximum atomic E-state index is 10.8. The molecule has 3 nitrogen and oxygen atoms in total. The minimum Gasteiger partial charge on any atom is -0.365 e. The zero-order chi connectivity index (χ0) is 9.14. The van der Waals surface area contributed by atoms with Gasteiger partial charge in [0.05, 0.1) is 5.02 Å². The van der Waals surface area contributed by atoms with Crippen LogP contribution in [0.15, 0.2) is 5.38 Å². The summed E-state index contributed by atoms with van der Waals surface area (Å²) in [6.07, 6.45) is 0. The Labute approximate surface area is 79.5 Å². The van der Waals surface area contributed by atoms with Gasteiger partial charge in [-0.3, -0.25) is 4.79 Å². The average molecular weight is 205 g/mol. The summed E-state index contributed by atoms with van der Waals surface area (Å²) in [6, 6.07) is 0. The van der Waals surface area contributed by atoms with Crippen LogP contribution < -0.4 is 11.1 Å². The molecule has 1 aromatic heterocycles. The number of hydrogen-bond acceptors (Lipinski definition) is 3. The molecule has 0 aliphatic rings. The van der Waals surface area contributed by atoms with E-state index in [1.54, 1.807) is 0 Å². The maximum absolute atomic E-state index is 10.8. The van der Waals surface area contributed by atoms with Gasteiger partial charge in [-0.25, -0.2) is 0 Å². The number of thiophene rings is 1. The second-order valence-electron chi connectivity index (χ2n) is 2.30. The van der Waals surface area contributed by atoms with Crippen molar-refractivity contribution >= 4 is 28.8 Å². The first-order valence-corrected chi connectivity index (χ1v) is 4.63. The third-order valence-electron chi connectivity index (χ3n) is 1.39. The Morgan fingerprint density at radius 3 is 2.92 bits per heavy atom. The molecule has 0 atom stereocenters. The summed E-state index contributed by atoms with van der Waals surface area (Å²) in [6.45, 7) is 0.655. The van der Waals surface area contributed by atoms with E-state index in [4.69, 9.17) is 17.3 Å². The molecular weight excluding hydrogens is 196 g/mol. The lowest BCUT2D eigenvalue weighted by Crippen LogP contribution is -2.10.